The number of rotatable bonds is 6. The van der Waals surface area contributed by atoms with Gasteiger partial charge in [0.15, 0.2) is 11.4 Å². The van der Waals surface area contributed by atoms with Gasteiger partial charge in [0.25, 0.3) is 0 Å². The van der Waals surface area contributed by atoms with Crippen LogP contribution in [-0.4, -0.2) is 70.6 Å². The van der Waals surface area contributed by atoms with Crippen LogP contribution in [0, 0.1) is 6.92 Å². The highest BCUT2D eigenvalue weighted by Crippen LogP contribution is 2.23. The lowest BCUT2D eigenvalue weighted by molar-refractivity contribution is 0.112. The number of aromatic nitrogens is 3. The highest BCUT2D eigenvalue weighted by Gasteiger charge is 2.17. The van der Waals surface area contributed by atoms with E-state index in [-0.39, 0.29) is 6.61 Å². The van der Waals surface area contributed by atoms with Gasteiger partial charge in [0.1, 0.15) is 17.5 Å². The molecule has 0 atom stereocenters. The molecule has 0 aromatic carbocycles. The van der Waals surface area contributed by atoms with E-state index in [2.05, 4.69) is 30.1 Å². The van der Waals surface area contributed by atoms with Crippen LogP contribution in [0.3, 0.4) is 0 Å². The zero-order chi connectivity index (χ0) is 17.6. The van der Waals surface area contributed by atoms with Crippen LogP contribution >= 0.6 is 11.3 Å². The molecule has 0 amide bonds. The SMILES string of the molecule is Cc1nc(Nc2ncc(C=O)s2)cc(N2CCCN(CCO)CC2)n1. The Morgan fingerprint density at radius 3 is 2.96 bits per heavy atom. The maximum absolute atomic E-state index is 10.8. The van der Waals surface area contributed by atoms with Gasteiger partial charge in [-0.1, -0.05) is 11.3 Å². The van der Waals surface area contributed by atoms with Crippen molar-refractivity contribution in [2.24, 2.45) is 0 Å². The first-order valence-electron chi connectivity index (χ1n) is 8.30. The van der Waals surface area contributed by atoms with E-state index in [9.17, 15) is 4.79 Å². The predicted octanol–water partition coefficient (Wildman–Crippen LogP) is 1.30. The first kappa shape index (κ1) is 17.7. The number of anilines is 3. The molecule has 0 unspecified atom stereocenters. The van der Waals surface area contributed by atoms with Crippen LogP contribution in [0.5, 0.6) is 0 Å². The van der Waals surface area contributed by atoms with Crippen LogP contribution in [0.25, 0.3) is 0 Å². The van der Waals surface area contributed by atoms with Crippen molar-refractivity contribution >= 4 is 34.4 Å². The van der Waals surface area contributed by atoms with Gasteiger partial charge in [-0.2, -0.15) is 0 Å². The Labute approximate surface area is 150 Å². The smallest absolute Gasteiger partial charge is 0.188 e. The van der Waals surface area contributed by atoms with E-state index < -0.39 is 0 Å². The minimum Gasteiger partial charge on any atom is -0.395 e. The number of aliphatic hydroxyl groups is 1. The number of aliphatic hydroxyl groups excluding tert-OH is 1. The second kappa shape index (κ2) is 8.32. The van der Waals surface area contributed by atoms with Crippen LogP contribution in [0.15, 0.2) is 12.3 Å². The fourth-order valence-electron chi connectivity index (χ4n) is 2.85. The molecule has 8 nitrogen and oxygen atoms in total. The van der Waals surface area contributed by atoms with E-state index >= 15 is 0 Å². The molecule has 2 aromatic rings. The summed E-state index contributed by atoms with van der Waals surface area (Å²) in [5, 5.41) is 12.9. The third-order valence-electron chi connectivity index (χ3n) is 4.03. The minimum absolute atomic E-state index is 0.192. The van der Waals surface area contributed by atoms with Crippen molar-refractivity contribution in [3.8, 4) is 0 Å². The standard InChI is InChI=1S/C16H22N6O2S/c1-12-18-14(20-16-17-10-13(11-24)25-16)9-15(19-12)22-4-2-3-21(5-6-22)7-8-23/h9-11,23H,2-8H2,1H3,(H,17,18,19,20). The van der Waals surface area contributed by atoms with Crippen molar-refractivity contribution in [1.29, 1.82) is 0 Å². The number of hydrogen-bond donors (Lipinski definition) is 2. The lowest BCUT2D eigenvalue weighted by Gasteiger charge is -2.23. The van der Waals surface area contributed by atoms with E-state index in [1.807, 2.05) is 13.0 Å². The predicted molar refractivity (Wildman–Crippen MR) is 97.9 cm³/mol. The number of hydrogen-bond acceptors (Lipinski definition) is 9. The number of β-amino-alcohol motifs (C(OH)–C–C–N with tert-alkyl or cyclic N) is 1. The highest BCUT2D eigenvalue weighted by molar-refractivity contribution is 7.17. The molecule has 1 aliphatic rings. The average molecular weight is 362 g/mol. The maximum Gasteiger partial charge on any atom is 0.188 e. The van der Waals surface area contributed by atoms with E-state index in [1.165, 1.54) is 11.3 Å². The zero-order valence-corrected chi connectivity index (χ0v) is 15.0. The molecule has 0 spiro atoms. The van der Waals surface area contributed by atoms with E-state index in [1.54, 1.807) is 6.20 Å². The van der Waals surface area contributed by atoms with Crippen LogP contribution in [0.2, 0.25) is 0 Å². The van der Waals surface area contributed by atoms with Gasteiger partial charge in [0.05, 0.1) is 17.7 Å². The highest BCUT2D eigenvalue weighted by atomic mass is 32.1. The molecule has 1 saturated heterocycles. The Kier molecular flexibility index (Phi) is 5.90. The largest absolute Gasteiger partial charge is 0.395 e. The Morgan fingerprint density at radius 1 is 1.32 bits per heavy atom. The summed E-state index contributed by atoms with van der Waals surface area (Å²) in [5.41, 5.74) is 0. The summed E-state index contributed by atoms with van der Waals surface area (Å²) in [6.07, 6.45) is 3.36. The fraction of sp³-hybridized carbons (Fsp3) is 0.500. The molecule has 0 saturated carbocycles. The number of carbonyl (C=O) groups excluding carboxylic acids is 1. The summed E-state index contributed by atoms with van der Waals surface area (Å²) in [7, 11) is 0. The van der Waals surface area contributed by atoms with Crippen LogP contribution < -0.4 is 10.2 Å². The lowest BCUT2D eigenvalue weighted by atomic mass is 10.3. The van der Waals surface area contributed by atoms with Crippen LogP contribution in [-0.2, 0) is 0 Å². The zero-order valence-electron chi connectivity index (χ0n) is 14.2. The third-order valence-corrected chi connectivity index (χ3v) is 4.87. The number of carbonyl (C=O) groups is 1. The first-order valence-corrected chi connectivity index (χ1v) is 9.11. The summed E-state index contributed by atoms with van der Waals surface area (Å²) in [6, 6.07) is 1.91. The van der Waals surface area contributed by atoms with Gasteiger partial charge in [-0.25, -0.2) is 15.0 Å². The van der Waals surface area contributed by atoms with Crippen molar-refractivity contribution in [2.75, 3.05) is 49.5 Å². The Balaban J connectivity index is 1.73. The molecule has 3 rings (SSSR count). The Morgan fingerprint density at radius 2 is 2.20 bits per heavy atom. The molecule has 1 aliphatic heterocycles. The molecule has 2 aromatic heterocycles. The lowest BCUT2D eigenvalue weighted by Crippen LogP contribution is -2.32. The summed E-state index contributed by atoms with van der Waals surface area (Å²) in [4.78, 5) is 29.0. The summed E-state index contributed by atoms with van der Waals surface area (Å²) in [6.45, 7) is 6.45. The Hall–Kier alpha value is -2.10. The molecule has 0 aliphatic carbocycles. The quantitative estimate of drug-likeness (QED) is 0.743. The number of aldehydes is 1. The van der Waals surface area contributed by atoms with Gasteiger partial charge in [0, 0.05) is 32.2 Å². The molecule has 25 heavy (non-hydrogen) atoms. The van der Waals surface area contributed by atoms with Gasteiger partial charge in [-0.15, -0.1) is 0 Å². The number of aryl methyl sites for hydroxylation is 1. The maximum atomic E-state index is 10.8. The molecular weight excluding hydrogens is 340 g/mol. The molecule has 0 bridgehead atoms. The second-order valence-corrected chi connectivity index (χ2v) is 6.94. The summed E-state index contributed by atoms with van der Waals surface area (Å²) in [5.74, 6) is 2.24. The van der Waals surface area contributed by atoms with E-state index in [4.69, 9.17) is 5.11 Å². The second-order valence-electron chi connectivity index (χ2n) is 5.88. The third kappa shape index (κ3) is 4.71. The van der Waals surface area contributed by atoms with Gasteiger partial charge in [0.2, 0.25) is 0 Å². The molecule has 134 valence electrons. The summed E-state index contributed by atoms with van der Waals surface area (Å²) >= 11 is 1.29. The van der Waals surface area contributed by atoms with Crippen molar-refractivity contribution in [1.82, 2.24) is 19.9 Å². The fourth-order valence-corrected chi connectivity index (χ4v) is 3.49. The topological polar surface area (TPSA) is 94.5 Å². The molecular formula is C16H22N6O2S. The molecule has 0 radical (unpaired) electrons. The van der Waals surface area contributed by atoms with Gasteiger partial charge < -0.3 is 15.3 Å². The number of thiazole rings is 1. The summed E-state index contributed by atoms with van der Waals surface area (Å²) < 4.78 is 0. The van der Waals surface area contributed by atoms with Gasteiger partial charge >= 0.3 is 0 Å². The molecule has 3 heterocycles. The van der Waals surface area contributed by atoms with E-state index in [0.29, 0.717) is 28.2 Å². The normalized spacial score (nSPS) is 15.8. The van der Waals surface area contributed by atoms with Crippen LogP contribution in [0.4, 0.5) is 16.8 Å². The van der Waals surface area contributed by atoms with Crippen molar-refractivity contribution in [3.05, 3.63) is 23.0 Å². The van der Waals surface area contributed by atoms with Gasteiger partial charge in [-0.3, -0.25) is 9.69 Å². The minimum atomic E-state index is 0.192. The monoisotopic (exact) mass is 362 g/mol. The molecule has 1 fully saturated rings. The van der Waals surface area contributed by atoms with Crippen molar-refractivity contribution in [2.45, 2.75) is 13.3 Å². The number of nitrogens with zero attached hydrogens (tertiary/aromatic N) is 5. The van der Waals surface area contributed by atoms with Gasteiger partial charge in [-0.05, 0) is 19.9 Å². The van der Waals surface area contributed by atoms with E-state index in [0.717, 1.165) is 44.7 Å². The van der Waals surface area contributed by atoms with Crippen molar-refractivity contribution < 1.29 is 9.90 Å². The molecule has 2 N–H and O–H groups in total. The van der Waals surface area contributed by atoms with Crippen LogP contribution in [0.1, 0.15) is 21.9 Å². The van der Waals surface area contributed by atoms with Crippen molar-refractivity contribution in [3.63, 3.8) is 0 Å². The first-order chi connectivity index (χ1) is 12.2. The average Bonchev–Trinajstić information content (AvgIpc) is 2.91. The Bertz CT molecular complexity index is 722. The number of nitrogens with one attached hydrogen (secondary N) is 1. The molecule has 9 heteroatoms.